The number of fused-ring (bicyclic) bond motifs is 1. The average molecular weight is 603 g/mol. The minimum atomic E-state index is -0.427. The van der Waals surface area contributed by atoms with Crippen LogP contribution in [0.2, 0.25) is 20.1 Å². The van der Waals surface area contributed by atoms with Crippen molar-refractivity contribution in [1.82, 2.24) is 10.3 Å². The number of nitrogens with one attached hydrogen (secondary N) is 2. The van der Waals surface area contributed by atoms with Crippen molar-refractivity contribution >= 4 is 92.5 Å². The molecule has 38 heavy (non-hydrogen) atoms. The maximum atomic E-state index is 12.3. The number of hydrogen-bond donors (Lipinski definition) is 2. The molecular weight excluding hydrogens is 588 g/mol. The summed E-state index contributed by atoms with van der Waals surface area (Å²) in [7, 11) is 0. The lowest BCUT2D eigenvalue weighted by Gasteiger charge is -2.08. The predicted molar refractivity (Wildman–Crippen MR) is 157 cm³/mol. The summed E-state index contributed by atoms with van der Waals surface area (Å²) in [5.41, 5.74) is 3.12. The van der Waals surface area contributed by atoms with E-state index in [-0.39, 0.29) is 5.11 Å². The molecule has 0 unspecified atom stereocenters. The molecule has 0 aliphatic carbocycles. The quantitative estimate of drug-likeness (QED) is 0.154. The van der Waals surface area contributed by atoms with E-state index in [0.717, 1.165) is 5.56 Å². The molecule has 0 fully saturated rings. The van der Waals surface area contributed by atoms with E-state index in [1.54, 1.807) is 66.7 Å². The number of hydrogen-bond acceptors (Lipinski definition) is 5. The Bertz CT molecular complexity index is 1710. The third-order valence-electron chi connectivity index (χ3n) is 5.26. The Morgan fingerprint density at radius 3 is 2.39 bits per heavy atom. The van der Waals surface area contributed by atoms with Crippen LogP contribution in [0, 0.1) is 0 Å². The molecule has 5 aromatic rings. The van der Waals surface area contributed by atoms with Crippen LogP contribution in [0.25, 0.3) is 40.0 Å². The minimum absolute atomic E-state index is 0.128. The van der Waals surface area contributed by atoms with E-state index in [4.69, 9.17) is 67.5 Å². The normalized spacial score (nSPS) is 11.3. The SMILES string of the molecule is O=C(/C=C/c1ccc(-c2ccc(Cl)cc2Cl)o1)NC(=S)Nc1ccc(-c2nc3cc(Cl)cc(Cl)c3o2)cc1. The highest BCUT2D eigenvalue weighted by Gasteiger charge is 2.13. The molecule has 6 nitrogen and oxygen atoms in total. The van der Waals surface area contributed by atoms with Gasteiger partial charge in [-0.15, -0.1) is 0 Å². The van der Waals surface area contributed by atoms with Gasteiger partial charge in [-0.25, -0.2) is 4.98 Å². The number of thiocarbonyl (C=S) groups is 1. The second kappa shape index (κ2) is 11.2. The molecule has 0 radical (unpaired) electrons. The lowest BCUT2D eigenvalue weighted by Crippen LogP contribution is -2.32. The summed E-state index contributed by atoms with van der Waals surface area (Å²) in [6.45, 7) is 0. The van der Waals surface area contributed by atoms with E-state index < -0.39 is 5.91 Å². The summed E-state index contributed by atoms with van der Waals surface area (Å²) in [6, 6.07) is 19.0. The van der Waals surface area contributed by atoms with Crippen molar-refractivity contribution in [3.05, 3.63) is 98.7 Å². The number of aromatic nitrogens is 1. The number of anilines is 1. The van der Waals surface area contributed by atoms with Crippen molar-refractivity contribution in [3.63, 3.8) is 0 Å². The Morgan fingerprint density at radius 1 is 0.868 bits per heavy atom. The van der Waals surface area contributed by atoms with Gasteiger partial charge in [-0.05, 0) is 85.0 Å². The molecule has 0 atom stereocenters. The standard InChI is InChI=1S/C27H15Cl4N3O3S/c28-15-3-8-19(20(30)11-15)23-9-6-18(36-23)7-10-24(35)34-27(38)32-17-4-1-14(2-5-17)26-33-22-13-16(29)12-21(31)25(22)37-26/h1-13H,(H2,32,34,35,38)/b10-7+. The Morgan fingerprint density at radius 2 is 1.63 bits per heavy atom. The average Bonchev–Trinajstić information content (AvgIpc) is 3.51. The van der Waals surface area contributed by atoms with Gasteiger partial charge in [0, 0.05) is 32.9 Å². The fourth-order valence-corrected chi connectivity index (χ4v) is 4.77. The van der Waals surface area contributed by atoms with Crippen LogP contribution in [-0.2, 0) is 4.79 Å². The van der Waals surface area contributed by atoms with E-state index in [1.165, 1.54) is 12.2 Å². The van der Waals surface area contributed by atoms with Crippen molar-refractivity contribution < 1.29 is 13.6 Å². The molecule has 11 heteroatoms. The molecule has 3 aromatic carbocycles. The minimum Gasteiger partial charge on any atom is -0.457 e. The summed E-state index contributed by atoms with van der Waals surface area (Å²) < 4.78 is 11.5. The topological polar surface area (TPSA) is 80.3 Å². The Labute approximate surface area is 242 Å². The van der Waals surface area contributed by atoms with Crippen LogP contribution in [0.5, 0.6) is 0 Å². The third kappa shape index (κ3) is 6.04. The van der Waals surface area contributed by atoms with Crippen LogP contribution in [0.3, 0.4) is 0 Å². The Balaban J connectivity index is 1.18. The number of carbonyl (C=O) groups is 1. The number of rotatable bonds is 5. The van der Waals surface area contributed by atoms with Gasteiger partial charge in [0.2, 0.25) is 11.8 Å². The van der Waals surface area contributed by atoms with Crippen molar-refractivity contribution in [2.75, 3.05) is 5.32 Å². The molecule has 0 saturated heterocycles. The smallest absolute Gasteiger partial charge is 0.250 e. The van der Waals surface area contributed by atoms with E-state index in [2.05, 4.69) is 15.6 Å². The largest absolute Gasteiger partial charge is 0.457 e. The second-order valence-electron chi connectivity index (χ2n) is 7.94. The van der Waals surface area contributed by atoms with Gasteiger partial charge in [-0.3, -0.25) is 10.1 Å². The van der Waals surface area contributed by atoms with Crippen molar-refractivity contribution in [2.45, 2.75) is 0 Å². The first-order chi connectivity index (χ1) is 18.2. The predicted octanol–water partition coefficient (Wildman–Crippen LogP) is 8.89. The van der Waals surface area contributed by atoms with E-state index >= 15 is 0 Å². The fourth-order valence-electron chi connectivity index (χ4n) is 3.53. The highest BCUT2D eigenvalue weighted by molar-refractivity contribution is 7.80. The highest BCUT2D eigenvalue weighted by Crippen LogP contribution is 2.33. The Hall–Kier alpha value is -3.33. The zero-order chi connectivity index (χ0) is 26.8. The summed E-state index contributed by atoms with van der Waals surface area (Å²) in [5.74, 6) is 0.996. The molecule has 0 aliphatic heterocycles. The van der Waals surface area contributed by atoms with Gasteiger partial charge in [0.1, 0.15) is 17.0 Å². The van der Waals surface area contributed by atoms with Gasteiger partial charge in [0.05, 0.1) is 10.0 Å². The van der Waals surface area contributed by atoms with Gasteiger partial charge in [0.25, 0.3) is 0 Å². The van der Waals surface area contributed by atoms with Gasteiger partial charge < -0.3 is 14.2 Å². The van der Waals surface area contributed by atoms with Crippen molar-refractivity contribution in [2.24, 2.45) is 0 Å². The van der Waals surface area contributed by atoms with Crippen LogP contribution in [0.15, 0.2) is 81.6 Å². The highest BCUT2D eigenvalue weighted by atomic mass is 35.5. The van der Waals surface area contributed by atoms with Crippen LogP contribution in [0.4, 0.5) is 5.69 Å². The zero-order valence-corrected chi connectivity index (χ0v) is 22.9. The Kier molecular flexibility index (Phi) is 7.74. The fraction of sp³-hybridized carbons (Fsp3) is 0. The summed E-state index contributed by atoms with van der Waals surface area (Å²) in [5, 5.41) is 7.53. The van der Waals surface area contributed by atoms with E-state index in [1.807, 2.05) is 0 Å². The van der Waals surface area contributed by atoms with Gasteiger partial charge in [-0.2, -0.15) is 0 Å². The van der Waals surface area contributed by atoms with Crippen LogP contribution < -0.4 is 10.6 Å². The van der Waals surface area contributed by atoms with Crippen LogP contribution in [0.1, 0.15) is 5.76 Å². The van der Waals surface area contributed by atoms with Crippen LogP contribution in [-0.4, -0.2) is 16.0 Å². The molecule has 0 aliphatic rings. The number of benzene rings is 3. The molecule has 2 heterocycles. The third-order valence-corrected chi connectivity index (χ3v) is 6.51. The first kappa shape index (κ1) is 26.3. The first-order valence-electron chi connectivity index (χ1n) is 11.0. The molecular formula is C27H15Cl4N3O3S. The summed E-state index contributed by atoms with van der Waals surface area (Å²) in [4.78, 5) is 16.8. The zero-order valence-electron chi connectivity index (χ0n) is 19.1. The number of nitrogens with zero attached hydrogens (tertiary/aromatic N) is 1. The molecule has 1 amide bonds. The maximum absolute atomic E-state index is 12.3. The number of halogens is 4. The molecule has 2 aromatic heterocycles. The molecule has 5 rings (SSSR count). The lowest BCUT2D eigenvalue weighted by molar-refractivity contribution is -0.115. The van der Waals surface area contributed by atoms with Gasteiger partial charge in [-0.1, -0.05) is 46.4 Å². The molecule has 0 spiro atoms. The monoisotopic (exact) mass is 601 g/mol. The summed E-state index contributed by atoms with van der Waals surface area (Å²) >= 11 is 29.6. The number of carbonyl (C=O) groups excluding carboxylic acids is 1. The van der Waals surface area contributed by atoms with Crippen molar-refractivity contribution in [1.29, 1.82) is 0 Å². The molecule has 0 saturated carbocycles. The molecule has 0 bridgehead atoms. The molecule has 190 valence electrons. The van der Waals surface area contributed by atoms with Gasteiger partial charge in [0.15, 0.2) is 10.7 Å². The van der Waals surface area contributed by atoms with Crippen molar-refractivity contribution in [3.8, 4) is 22.8 Å². The van der Waals surface area contributed by atoms with E-state index in [9.17, 15) is 4.79 Å². The van der Waals surface area contributed by atoms with Gasteiger partial charge >= 0.3 is 0 Å². The maximum Gasteiger partial charge on any atom is 0.250 e. The van der Waals surface area contributed by atoms with E-state index in [0.29, 0.717) is 59.9 Å². The molecule has 2 N–H and O–H groups in total. The second-order valence-corrected chi connectivity index (χ2v) is 10.0. The lowest BCUT2D eigenvalue weighted by atomic mass is 10.2. The first-order valence-corrected chi connectivity index (χ1v) is 12.9. The summed E-state index contributed by atoms with van der Waals surface area (Å²) in [6.07, 6.45) is 2.84. The van der Waals surface area contributed by atoms with Crippen LogP contribution >= 0.6 is 58.6 Å². The number of furan rings is 1. The number of amides is 1. The number of oxazole rings is 1.